The summed E-state index contributed by atoms with van der Waals surface area (Å²) >= 11 is 0. The van der Waals surface area contributed by atoms with Gasteiger partial charge in [-0.3, -0.25) is 0 Å². The molecule has 0 radical (unpaired) electrons. The fourth-order valence-corrected chi connectivity index (χ4v) is 0.997. The first-order chi connectivity index (χ1) is 6.18. The Morgan fingerprint density at radius 3 is 2.62 bits per heavy atom. The average molecular weight is 182 g/mol. The summed E-state index contributed by atoms with van der Waals surface area (Å²) in [5, 5.41) is 3.31. The first-order valence-corrected chi connectivity index (χ1v) is 5.03. The van der Waals surface area contributed by atoms with Gasteiger partial charge in [-0.15, -0.1) is 12.3 Å². The molecule has 0 fully saturated rings. The number of nitrogens with zero attached hydrogens (tertiary/aromatic N) is 1. The van der Waals surface area contributed by atoms with Crippen LogP contribution < -0.4 is 5.32 Å². The van der Waals surface area contributed by atoms with E-state index >= 15 is 0 Å². The highest BCUT2D eigenvalue weighted by atomic mass is 15.1. The van der Waals surface area contributed by atoms with Crippen LogP contribution in [0.4, 0.5) is 0 Å². The van der Waals surface area contributed by atoms with E-state index in [9.17, 15) is 0 Å². The molecule has 0 amide bonds. The zero-order valence-electron chi connectivity index (χ0n) is 9.14. The molecule has 0 atom stereocenters. The van der Waals surface area contributed by atoms with Gasteiger partial charge in [-0.05, 0) is 40.4 Å². The minimum atomic E-state index is 0.644. The zero-order valence-corrected chi connectivity index (χ0v) is 9.14. The predicted octanol–water partition coefficient (Wildman–Crippen LogP) is 1.33. The van der Waals surface area contributed by atoms with E-state index in [0.717, 1.165) is 26.1 Å². The maximum atomic E-state index is 5.13. The Morgan fingerprint density at radius 1 is 1.38 bits per heavy atom. The van der Waals surface area contributed by atoms with Crippen molar-refractivity contribution in [1.29, 1.82) is 0 Å². The van der Waals surface area contributed by atoms with Crippen molar-refractivity contribution < 1.29 is 0 Å². The SMILES string of the molecule is C#CCCNCCCN(C)C(C)C. The summed E-state index contributed by atoms with van der Waals surface area (Å²) in [4.78, 5) is 2.35. The lowest BCUT2D eigenvalue weighted by atomic mass is 10.3. The highest BCUT2D eigenvalue weighted by Crippen LogP contribution is 1.93. The molecular weight excluding hydrogens is 160 g/mol. The van der Waals surface area contributed by atoms with E-state index in [0.29, 0.717) is 6.04 Å². The molecule has 0 rings (SSSR count). The number of hydrogen-bond donors (Lipinski definition) is 1. The van der Waals surface area contributed by atoms with E-state index in [4.69, 9.17) is 6.42 Å². The van der Waals surface area contributed by atoms with Gasteiger partial charge < -0.3 is 10.2 Å². The summed E-state index contributed by atoms with van der Waals surface area (Å²) in [6.07, 6.45) is 7.16. The molecule has 13 heavy (non-hydrogen) atoms. The van der Waals surface area contributed by atoms with Gasteiger partial charge in [-0.1, -0.05) is 0 Å². The molecule has 2 nitrogen and oxygen atoms in total. The lowest BCUT2D eigenvalue weighted by molar-refractivity contribution is 0.269. The Balaban J connectivity index is 3.12. The summed E-state index contributed by atoms with van der Waals surface area (Å²) in [5.41, 5.74) is 0. The molecule has 76 valence electrons. The molecule has 0 aromatic rings. The molecule has 0 saturated heterocycles. The van der Waals surface area contributed by atoms with E-state index in [-0.39, 0.29) is 0 Å². The van der Waals surface area contributed by atoms with Crippen LogP contribution >= 0.6 is 0 Å². The average Bonchev–Trinajstić information content (AvgIpc) is 2.10. The van der Waals surface area contributed by atoms with Crippen molar-refractivity contribution in [2.45, 2.75) is 32.7 Å². The second-order valence-corrected chi connectivity index (χ2v) is 3.63. The minimum Gasteiger partial charge on any atom is -0.316 e. The minimum absolute atomic E-state index is 0.644. The topological polar surface area (TPSA) is 15.3 Å². The third-order valence-electron chi connectivity index (χ3n) is 2.19. The smallest absolute Gasteiger partial charge is 0.0211 e. The van der Waals surface area contributed by atoms with Crippen LogP contribution in [0.15, 0.2) is 0 Å². The molecule has 2 heteroatoms. The molecule has 0 bridgehead atoms. The largest absolute Gasteiger partial charge is 0.316 e. The molecule has 0 aliphatic carbocycles. The maximum absolute atomic E-state index is 5.13. The Bertz CT molecular complexity index is 147. The molecular formula is C11H22N2. The van der Waals surface area contributed by atoms with E-state index in [1.807, 2.05) is 0 Å². The van der Waals surface area contributed by atoms with E-state index < -0.39 is 0 Å². The third-order valence-corrected chi connectivity index (χ3v) is 2.19. The quantitative estimate of drug-likeness (QED) is 0.472. The fourth-order valence-electron chi connectivity index (χ4n) is 0.997. The summed E-state index contributed by atoms with van der Waals surface area (Å²) in [6, 6.07) is 0.644. The van der Waals surface area contributed by atoms with Gasteiger partial charge in [0.05, 0.1) is 0 Å². The molecule has 0 aliphatic rings. The molecule has 0 saturated carbocycles. The summed E-state index contributed by atoms with van der Waals surface area (Å²) < 4.78 is 0. The Hall–Kier alpha value is -0.520. The molecule has 0 heterocycles. The van der Waals surface area contributed by atoms with Crippen molar-refractivity contribution in [1.82, 2.24) is 10.2 Å². The fraction of sp³-hybridized carbons (Fsp3) is 0.818. The van der Waals surface area contributed by atoms with Crippen molar-refractivity contribution >= 4 is 0 Å². The molecule has 0 aromatic carbocycles. The number of rotatable bonds is 7. The highest BCUT2D eigenvalue weighted by molar-refractivity contribution is 4.83. The van der Waals surface area contributed by atoms with Crippen molar-refractivity contribution in [2.75, 3.05) is 26.7 Å². The van der Waals surface area contributed by atoms with Gasteiger partial charge in [0, 0.05) is 19.0 Å². The van der Waals surface area contributed by atoms with Crippen molar-refractivity contribution in [3.63, 3.8) is 0 Å². The summed E-state index contributed by atoms with van der Waals surface area (Å²) in [5.74, 6) is 2.61. The first-order valence-electron chi connectivity index (χ1n) is 5.03. The highest BCUT2D eigenvalue weighted by Gasteiger charge is 2.00. The number of nitrogens with one attached hydrogen (secondary N) is 1. The molecule has 0 unspecified atom stereocenters. The normalized spacial score (nSPS) is 10.8. The second kappa shape index (κ2) is 8.10. The van der Waals surface area contributed by atoms with Gasteiger partial charge >= 0.3 is 0 Å². The van der Waals surface area contributed by atoms with E-state index in [2.05, 4.69) is 37.0 Å². The number of terminal acetylenes is 1. The summed E-state index contributed by atoms with van der Waals surface area (Å²) in [7, 11) is 2.16. The molecule has 1 N–H and O–H groups in total. The van der Waals surface area contributed by atoms with E-state index in [1.165, 1.54) is 6.42 Å². The van der Waals surface area contributed by atoms with Crippen LogP contribution in [0.3, 0.4) is 0 Å². The monoisotopic (exact) mass is 182 g/mol. The lowest BCUT2D eigenvalue weighted by Crippen LogP contribution is -2.29. The summed E-state index contributed by atoms with van der Waals surface area (Å²) in [6.45, 7) is 7.60. The van der Waals surface area contributed by atoms with Crippen molar-refractivity contribution in [2.24, 2.45) is 0 Å². The van der Waals surface area contributed by atoms with Crippen LogP contribution in [-0.4, -0.2) is 37.6 Å². The molecule has 0 aliphatic heterocycles. The molecule has 0 aromatic heterocycles. The van der Waals surface area contributed by atoms with Gasteiger partial charge in [0.1, 0.15) is 0 Å². The molecule has 0 spiro atoms. The van der Waals surface area contributed by atoms with Crippen LogP contribution in [0.1, 0.15) is 26.7 Å². The Morgan fingerprint density at radius 2 is 2.08 bits per heavy atom. The standard InChI is InChI=1S/C11H22N2/c1-5-6-8-12-9-7-10-13(4)11(2)3/h1,11-12H,6-10H2,2-4H3. The zero-order chi connectivity index (χ0) is 10.1. The van der Waals surface area contributed by atoms with Crippen molar-refractivity contribution in [3.05, 3.63) is 0 Å². The van der Waals surface area contributed by atoms with Crippen LogP contribution in [0, 0.1) is 12.3 Å². The van der Waals surface area contributed by atoms with Gasteiger partial charge in [0.15, 0.2) is 0 Å². The van der Waals surface area contributed by atoms with Crippen molar-refractivity contribution in [3.8, 4) is 12.3 Å². The number of hydrogen-bond acceptors (Lipinski definition) is 2. The second-order valence-electron chi connectivity index (χ2n) is 3.63. The van der Waals surface area contributed by atoms with E-state index in [1.54, 1.807) is 0 Å². The maximum Gasteiger partial charge on any atom is 0.0211 e. The Kier molecular flexibility index (Phi) is 7.77. The van der Waals surface area contributed by atoms with Gasteiger partial charge in [-0.2, -0.15) is 0 Å². The third kappa shape index (κ3) is 7.83. The van der Waals surface area contributed by atoms with Crippen LogP contribution in [-0.2, 0) is 0 Å². The first kappa shape index (κ1) is 12.5. The van der Waals surface area contributed by atoms with Crippen LogP contribution in [0.25, 0.3) is 0 Å². The van der Waals surface area contributed by atoms with Gasteiger partial charge in [-0.25, -0.2) is 0 Å². The van der Waals surface area contributed by atoms with Gasteiger partial charge in [0.25, 0.3) is 0 Å². The predicted molar refractivity (Wildman–Crippen MR) is 58.7 cm³/mol. The lowest BCUT2D eigenvalue weighted by Gasteiger charge is -2.20. The van der Waals surface area contributed by atoms with Crippen LogP contribution in [0.5, 0.6) is 0 Å². The van der Waals surface area contributed by atoms with Crippen LogP contribution in [0.2, 0.25) is 0 Å². The Labute approximate surface area is 82.7 Å². The van der Waals surface area contributed by atoms with Gasteiger partial charge in [0.2, 0.25) is 0 Å².